The number of nitrogens with two attached hydrogens (primary N) is 1. The molecular formula is C11H11F5N2O3. The largest absolute Gasteiger partial charge is 0.574 e. The predicted molar refractivity (Wildman–Crippen MR) is 59.5 cm³/mol. The lowest BCUT2D eigenvalue weighted by molar-refractivity contribution is -0.276. The number of esters is 1. The molecule has 1 heterocycles. The predicted octanol–water partition coefficient (Wildman–Crippen LogP) is 2.09. The van der Waals surface area contributed by atoms with Gasteiger partial charge in [0.15, 0.2) is 0 Å². The van der Waals surface area contributed by atoms with E-state index in [0.29, 0.717) is 0 Å². The molecule has 0 saturated carbocycles. The molecule has 21 heavy (non-hydrogen) atoms. The normalized spacial score (nSPS) is 11.6. The zero-order chi connectivity index (χ0) is 16.2. The molecule has 0 amide bonds. The van der Waals surface area contributed by atoms with Crippen molar-refractivity contribution in [2.75, 3.05) is 7.11 Å². The monoisotopic (exact) mass is 314 g/mol. The number of pyridine rings is 1. The van der Waals surface area contributed by atoms with Gasteiger partial charge in [0.1, 0.15) is 0 Å². The van der Waals surface area contributed by atoms with E-state index < -0.39 is 36.6 Å². The van der Waals surface area contributed by atoms with E-state index in [0.717, 1.165) is 13.2 Å². The van der Waals surface area contributed by atoms with Gasteiger partial charge in [-0.1, -0.05) is 0 Å². The first kappa shape index (κ1) is 17.1. The lowest BCUT2D eigenvalue weighted by Gasteiger charge is -2.15. The summed E-state index contributed by atoms with van der Waals surface area (Å²) < 4.78 is 69.9. The highest BCUT2D eigenvalue weighted by molar-refractivity contribution is 5.72. The van der Waals surface area contributed by atoms with Gasteiger partial charge in [0, 0.05) is 6.54 Å². The Bertz CT molecular complexity index is 519. The number of hydrogen-bond acceptors (Lipinski definition) is 5. The Morgan fingerprint density at radius 2 is 2.05 bits per heavy atom. The highest BCUT2D eigenvalue weighted by Crippen LogP contribution is 2.33. The van der Waals surface area contributed by atoms with Crippen LogP contribution in [0, 0.1) is 0 Å². The average molecular weight is 314 g/mol. The van der Waals surface area contributed by atoms with E-state index in [1.54, 1.807) is 0 Å². The van der Waals surface area contributed by atoms with Crippen LogP contribution in [0.3, 0.4) is 0 Å². The first-order chi connectivity index (χ1) is 9.67. The number of rotatable bonds is 5. The van der Waals surface area contributed by atoms with Crippen LogP contribution in [-0.2, 0) is 22.5 Å². The first-order valence-corrected chi connectivity index (χ1v) is 5.51. The second kappa shape index (κ2) is 6.66. The summed E-state index contributed by atoms with van der Waals surface area (Å²) in [6, 6.07) is 0.733. The summed E-state index contributed by atoms with van der Waals surface area (Å²) in [5, 5.41) is 0. The molecule has 10 heteroatoms. The smallest absolute Gasteiger partial charge is 0.469 e. The number of halogens is 5. The Balaban J connectivity index is 3.31. The fourth-order valence-corrected chi connectivity index (χ4v) is 1.48. The molecule has 1 aromatic heterocycles. The van der Waals surface area contributed by atoms with Gasteiger partial charge >= 0.3 is 12.3 Å². The summed E-state index contributed by atoms with van der Waals surface area (Å²) in [4.78, 5) is 14.5. The number of methoxy groups -OCH3 is 1. The number of ether oxygens (including phenoxy) is 2. The third kappa shape index (κ3) is 4.81. The molecule has 0 unspecified atom stereocenters. The summed E-state index contributed by atoms with van der Waals surface area (Å²) in [5.74, 6) is -2.12. The maximum absolute atomic E-state index is 12.8. The number of carbonyl (C=O) groups excluding carboxylic acids is 1. The van der Waals surface area contributed by atoms with Crippen LogP contribution in [0.2, 0.25) is 0 Å². The van der Waals surface area contributed by atoms with Crippen molar-refractivity contribution in [1.82, 2.24) is 4.98 Å². The Morgan fingerprint density at radius 3 is 2.48 bits per heavy atom. The fourth-order valence-electron chi connectivity index (χ4n) is 1.48. The van der Waals surface area contributed by atoms with Crippen molar-refractivity contribution < 1.29 is 36.2 Å². The zero-order valence-corrected chi connectivity index (χ0v) is 10.7. The second-order valence-corrected chi connectivity index (χ2v) is 3.79. The molecule has 0 aliphatic carbocycles. The summed E-state index contributed by atoms with van der Waals surface area (Å²) in [6.45, 7) is -0.286. The summed E-state index contributed by atoms with van der Waals surface area (Å²) in [5.41, 5.74) is 4.05. The van der Waals surface area contributed by atoms with Crippen LogP contribution in [0.25, 0.3) is 0 Å². The van der Waals surface area contributed by atoms with Crippen LogP contribution in [0.15, 0.2) is 6.07 Å². The van der Waals surface area contributed by atoms with E-state index in [-0.39, 0.29) is 17.8 Å². The van der Waals surface area contributed by atoms with Gasteiger partial charge in [-0.25, -0.2) is 13.8 Å². The number of alkyl halides is 5. The van der Waals surface area contributed by atoms with Crippen molar-refractivity contribution in [3.8, 4) is 5.88 Å². The number of aromatic nitrogens is 1. The highest BCUT2D eigenvalue weighted by Gasteiger charge is 2.35. The minimum absolute atomic E-state index is 0.00484. The van der Waals surface area contributed by atoms with Crippen LogP contribution < -0.4 is 10.5 Å². The number of hydrogen-bond donors (Lipinski definition) is 1. The van der Waals surface area contributed by atoms with E-state index in [9.17, 15) is 26.7 Å². The lowest BCUT2D eigenvalue weighted by Crippen LogP contribution is -2.21. The summed E-state index contributed by atoms with van der Waals surface area (Å²) in [6.07, 6.45) is -8.95. The molecule has 0 spiro atoms. The molecule has 5 nitrogen and oxygen atoms in total. The highest BCUT2D eigenvalue weighted by atomic mass is 19.4. The lowest BCUT2D eigenvalue weighted by atomic mass is 10.1. The van der Waals surface area contributed by atoms with Gasteiger partial charge in [0.05, 0.1) is 24.8 Å². The van der Waals surface area contributed by atoms with E-state index in [1.807, 2.05) is 0 Å². The van der Waals surface area contributed by atoms with Gasteiger partial charge in [0.2, 0.25) is 5.88 Å². The number of nitrogens with zero attached hydrogens (tertiary/aromatic N) is 1. The summed E-state index contributed by atoms with van der Waals surface area (Å²) >= 11 is 0. The molecule has 0 bridgehead atoms. The molecular weight excluding hydrogens is 303 g/mol. The molecule has 2 N–H and O–H groups in total. The minimum Gasteiger partial charge on any atom is -0.469 e. The second-order valence-electron chi connectivity index (χ2n) is 3.79. The van der Waals surface area contributed by atoms with Crippen LogP contribution >= 0.6 is 0 Å². The molecule has 0 aliphatic rings. The Labute approximate surface area is 115 Å². The van der Waals surface area contributed by atoms with Crippen LogP contribution in [0.5, 0.6) is 5.88 Å². The molecule has 1 aromatic rings. The zero-order valence-electron chi connectivity index (χ0n) is 10.7. The van der Waals surface area contributed by atoms with Crippen molar-refractivity contribution in [3.05, 3.63) is 22.9 Å². The maximum Gasteiger partial charge on any atom is 0.574 e. The van der Waals surface area contributed by atoms with Gasteiger partial charge in [0.25, 0.3) is 6.43 Å². The van der Waals surface area contributed by atoms with Gasteiger partial charge in [-0.3, -0.25) is 4.79 Å². The number of carbonyl (C=O) groups is 1. The fraction of sp³-hybridized carbons (Fsp3) is 0.455. The summed E-state index contributed by atoms with van der Waals surface area (Å²) in [7, 11) is 1.06. The Morgan fingerprint density at radius 1 is 1.43 bits per heavy atom. The van der Waals surface area contributed by atoms with Gasteiger partial charge in [-0.05, 0) is 11.6 Å². The first-order valence-electron chi connectivity index (χ1n) is 5.51. The van der Waals surface area contributed by atoms with Crippen LogP contribution in [-0.4, -0.2) is 24.4 Å². The molecule has 1 rings (SSSR count). The van der Waals surface area contributed by atoms with Crippen LogP contribution in [0.1, 0.15) is 23.2 Å². The van der Waals surface area contributed by atoms with Gasteiger partial charge in [-0.15, -0.1) is 13.2 Å². The molecule has 0 aliphatic heterocycles. The van der Waals surface area contributed by atoms with Crippen molar-refractivity contribution in [1.29, 1.82) is 0 Å². The van der Waals surface area contributed by atoms with Crippen molar-refractivity contribution in [3.63, 3.8) is 0 Å². The van der Waals surface area contributed by atoms with E-state index in [2.05, 4.69) is 14.5 Å². The van der Waals surface area contributed by atoms with Crippen molar-refractivity contribution >= 4 is 5.97 Å². The molecule has 0 saturated heterocycles. The van der Waals surface area contributed by atoms with Crippen molar-refractivity contribution in [2.24, 2.45) is 5.73 Å². The third-order valence-corrected chi connectivity index (χ3v) is 2.39. The Kier molecular flexibility index (Phi) is 5.41. The van der Waals surface area contributed by atoms with Gasteiger partial charge < -0.3 is 15.2 Å². The van der Waals surface area contributed by atoms with E-state index in [4.69, 9.17) is 5.73 Å². The van der Waals surface area contributed by atoms with Crippen molar-refractivity contribution in [2.45, 2.75) is 25.8 Å². The van der Waals surface area contributed by atoms with Crippen LogP contribution in [0.4, 0.5) is 22.0 Å². The standard InChI is InChI=1S/C11H11F5N2O3/c1-20-8(19)3-7-5(4-17)2-6(9(12)13)10(18-7)21-11(14,15)16/h2,9H,3-4,17H2,1H3. The molecule has 0 aromatic carbocycles. The quantitative estimate of drug-likeness (QED) is 0.665. The average Bonchev–Trinajstić information content (AvgIpc) is 2.36. The van der Waals surface area contributed by atoms with Gasteiger partial charge in [-0.2, -0.15) is 0 Å². The topological polar surface area (TPSA) is 74.4 Å². The van der Waals surface area contributed by atoms with E-state index >= 15 is 0 Å². The SMILES string of the molecule is COC(=O)Cc1nc(OC(F)(F)F)c(C(F)F)cc1CN. The molecule has 0 fully saturated rings. The molecule has 0 atom stereocenters. The molecule has 0 radical (unpaired) electrons. The Hall–Kier alpha value is -1.97. The minimum atomic E-state index is -5.19. The third-order valence-electron chi connectivity index (χ3n) is 2.39. The van der Waals surface area contributed by atoms with E-state index in [1.165, 1.54) is 0 Å². The molecule has 118 valence electrons. The maximum atomic E-state index is 12.8.